The number of hydrogen-bond donors (Lipinski definition) is 1. The van der Waals surface area contributed by atoms with Crippen molar-refractivity contribution in [2.75, 3.05) is 13.1 Å². The molecule has 0 radical (unpaired) electrons. The summed E-state index contributed by atoms with van der Waals surface area (Å²) in [4.78, 5) is 5.92. The second-order valence-electron chi connectivity index (χ2n) is 6.67. The molecule has 21 heavy (non-hydrogen) atoms. The number of nitrogens with zero attached hydrogens (tertiary/aromatic N) is 2. The fourth-order valence-electron chi connectivity index (χ4n) is 3.69. The van der Waals surface area contributed by atoms with E-state index in [0.29, 0.717) is 0 Å². The van der Waals surface area contributed by atoms with Crippen LogP contribution >= 0.6 is 11.3 Å². The fraction of sp³-hybridized carbons (Fsp3) is 0.706. The van der Waals surface area contributed by atoms with Crippen LogP contribution in [0.25, 0.3) is 4.96 Å². The minimum Gasteiger partial charge on any atom is -0.316 e. The summed E-state index contributed by atoms with van der Waals surface area (Å²) in [5.41, 5.74) is 1.28. The molecule has 3 rings (SSSR count). The van der Waals surface area contributed by atoms with Gasteiger partial charge in [0.1, 0.15) is 0 Å². The maximum Gasteiger partial charge on any atom is 0.193 e. The number of aromatic nitrogens is 2. The van der Waals surface area contributed by atoms with Gasteiger partial charge in [0, 0.05) is 17.8 Å². The predicted octanol–water partition coefficient (Wildman–Crippen LogP) is 3.99. The van der Waals surface area contributed by atoms with Gasteiger partial charge in [-0.05, 0) is 56.5 Å². The van der Waals surface area contributed by atoms with Crippen LogP contribution in [0.3, 0.4) is 0 Å². The molecule has 0 aliphatic heterocycles. The molecule has 3 nitrogen and oxygen atoms in total. The molecule has 0 spiro atoms. The summed E-state index contributed by atoms with van der Waals surface area (Å²) in [5, 5.41) is 5.74. The van der Waals surface area contributed by atoms with Crippen LogP contribution in [0.1, 0.15) is 45.2 Å². The van der Waals surface area contributed by atoms with Crippen molar-refractivity contribution in [3.8, 4) is 0 Å². The van der Waals surface area contributed by atoms with Gasteiger partial charge in [-0.3, -0.25) is 4.40 Å². The van der Waals surface area contributed by atoms with Gasteiger partial charge in [0.05, 0.1) is 5.69 Å². The first-order valence-electron chi connectivity index (χ1n) is 8.38. The largest absolute Gasteiger partial charge is 0.316 e. The summed E-state index contributed by atoms with van der Waals surface area (Å²) in [5.74, 6) is 2.50. The molecular weight excluding hydrogens is 278 g/mol. The minimum absolute atomic E-state index is 0.794. The number of fused-ring (bicyclic) bond motifs is 1. The van der Waals surface area contributed by atoms with Gasteiger partial charge in [0.2, 0.25) is 0 Å². The number of thiazole rings is 1. The molecule has 1 aliphatic carbocycles. The Balaban J connectivity index is 1.65. The van der Waals surface area contributed by atoms with Crippen molar-refractivity contribution in [3.63, 3.8) is 0 Å². The van der Waals surface area contributed by atoms with Crippen LogP contribution in [0.15, 0.2) is 17.8 Å². The smallest absolute Gasteiger partial charge is 0.193 e. The molecule has 1 aliphatic rings. The van der Waals surface area contributed by atoms with E-state index in [-0.39, 0.29) is 0 Å². The van der Waals surface area contributed by atoms with E-state index in [2.05, 4.69) is 41.3 Å². The Hall–Kier alpha value is -0.870. The third-order valence-corrected chi connectivity index (χ3v) is 5.62. The lowest BCUT2D eigenvalue weighted by Crippen LogP contribution is -2.34. The quantitative estimate of drug-likeness (QED) is 0.818. The van der Waals surface area contributed by atoms with E-state index in [1.807, 2.05) is 0 Å². The topological polar surface area (TPSA) is 29.3 Å². The highest BCUT2D eigenvalue weighted by atomic mass is 32.1. The van der Waals surface area contributed by atoms with Crippen LogP contribution in [0.2, 0.25) is 0 Å². The first-order valence-corrected chi connectivity index (χ1v) is 9.26. The first-order chi connectivity index (χ1) is 10.3. The summed E-state index contributed by atoms with van der Waals surface area (Å²) in [6.07, 6.45) is 10.9. The van der Waals surface area contributed by atoms with Crippen molar-refractivity contribution >= 4 is 16.3 Å². The summed E-state index contributed by atoms with van der Waals surface area (Å²) in [6, 6.07) is 0. The van der Waals surface area contributed by atoms with E-state index >= 15 is 0 Å². The monoisotopic (exact) mass is 305 g/mol. The molecule has 0 bridgehead atoms. The SMILES string of the molecule is CCCNCC1CCC(C)CC1Cc1cn2ccsc2n1. The van der Waals surface area contributed by atoms with Crippen LogP contribution in [0, 0.1) is 17.8 Å². The Morgan fingerprint density at radius 3 is 3.10 bits per heavy atom. The summed E-state index contributed by atoms with van der Waals surface area (Å²) in [6.45, 7) is 6.99. The zero-order valence-corrected chi connectivity index (χ0v) is 14.0. The average Bonchev–Trinajstić information content (AvgIpc) is 3.02. The lowest BCUT2D eigenvalue weighted by Gasteiger charge is -2.35. The minimum atomic E-state index is 0.794. The highest BCUT2D eigenvalue weighted by Crippen LogP contribution is 2.35. The van der Waals surface area contributed by atoms with Crippen molar-refractivity contribution in [3.05, 3.63) is 23.5 Å². The molecule has 0 aromatic carbocycles. The summed E-state index contributed by atoms with van der Waals surface area (Å²) >= 11 is 1.73. The van der Waals surface area contributed by atoms with Crippen LogP contribution < -0.4 is 5.32 Å². The number of imidazole rings is 1. The van der Waals surface area contributed by atoms with Crippen molar-refractivity contribution in [1.29, 1.82) is 0 Å². The van der Waals surface area contributed by atoms with Crippen LogP contribution in [0.4, 0.5) is 0 Å². The Kier molecular flexibility index (Phi) is 4.96. The van der Waals surface area contributed by atoms with E-state index in [4.69, 9.17) is 4.98 Å². The third-order valence-electron chi connectivity index (χ3n) is 4.85. The number of rotatable bonds is 6. The van der Waals surface area contributed by atoms with Crippen LogP contribution in [-0.2, 0) is 6.42 Å². The van der Waals surface area contributed by atoms with Gasteiger partial charge in [-0.1, -0.05) is 20.3 Å². The molecule has 2 aromatic heterocycles. The highest BCUT2D eigenvalue weighted by Gasteiger charge is 2.29. The zero-order chi connectivity index (χ0) is 14.7. The van der Waals surface area contributed by atoms with Crippen molar-refractivity contribution < 1.29 is 0 Å². The van der Waals surface area contributed by atoms with Gasteiger partial charge in [0.25, 0.3) is 0 Å². The Bertz CT molecular complexity index is 531. The molecule has 3 unspecified atom stereocenters. The lowest BCUT2D eigenvalue weighted by atomic mass is 9.73. The van der Waals surface area contributed by atoms with E-state index < -0.39 is 0 Å². The maximum atomic E-state index is 4.78. The molecule has 2 aromatic rings. The Labute approximate surface area is 131 Å². The molecule has 1 saturated carbocycles. The van der Waals surface area contributed by atoms with Crippen molar-refractivity contribution in [2.24, 2.45) is 17.8 Å². The molecule has 2 heterocycles. The highest BCUT2D eigenvalue weighted by molar-refractivity contribution is 7.15. The van der Waals surface area contributed by atoms with Gasteiger partial charge in [-0.25, -0.2) is 4.98 Å². The van der Waals surface area contributed by atoms with Crippen molar-refractivity contribution in [2.45, 2.75) is 46.0 Å². The van der Waals surface area contributed by atoms with Gasteiger partial charge in [0.15, 0.2) is 4.96 Å². The van der Waals surface area contributed by atoms with Crippen LogP contribution in [0.5, 0.6) is 0 Å². The van der Waals surface area contributed by atoms with E-state index in [0.717, 1.165) is 35.7 Å². The Morgan fingerprint density at radius 1 is 1.38 bits per heavy atom. The maximum absolute atomic E-state index is 4.78. The lowest BCUT2D eigenvalue weighted by molar-refractivity contribution is 0.183. The molecule has 0 amide bonds. The second kappa shape index (κ2) is 6.93. The summed E-state index contributed by atoms with van der Waals surface area (Å²) in [7, 11) is 0. The summed E-state index contributed by atoms with van der Waals surface area (Å²) < 4.78 is 2.16. The standard InChI is InChI=1S/C17H27N3S/c1-3-6-18-11-14-5-4-13(2)9-15(14)10-16-12-20-7-8-21-17(20)19-16/h7-8,12-15,18H,3-6,9-11H2,1-2H3. The van der Waals surface area contributed by atoms with E-state index in [1.54, 1.807) is 11.3 Å². The van der Waals surface area contributed by atoms with E-state index in [1.165, 1.54) is 37.9 Å². The van der Waals surface area contributed by atoms with Gasteiger partial charge in [-0.2, -0.15) is 0 Å². The predicted molar refractivity (Wildman–Crippen MR) is 89.9 cm³/mol. The zero-order valence-electron chi connectivity index (χ0n) is 13.2. The molecule has 1 fully saturated rings. The Morgan fingerprint density at radius 2 is 2.29 bits per heavy atom. The van der Waals surface area contributed by atoms with Gasteiger partial charge >= 0.3 is 0 Å². The normalized spacial score (nSPS) is 26.5. The van der Waals surface area contributed by atoms with Gasteiger partial charge in [-0.15, -0.1) is 11.3 Å². The molecule has 4 heteroatoms. The molecular formula is C17H27N3S. The first kappa shape index (κ1) is 15.0. The number of hydrogen-bond acceptors (Lipinski definition) is 3. The number of nitrogens with one attached hydrogen (secondary N) is 1. The molecule has 116 valence electrons. The van der Waals surface area contributed by atoms with Crippen molar-refractivity contribution in [1.82, 2.24) is 14.7 Å². The fourth-order valence-corrected chi connectivity index (χ4v) is 4.41. The van der Waals surface area contributed by atoms with Gasteiger partial charge < -0.3 is 5.32 Å². The van der Waals surface area contributed by atoms with E-state index in [9.17, 15) is 0 Å². The molecule has 1 N–H and O–H groups in total. The molecule has 3 atom stereocenters. The average molecular weight is 305 g/mol. The van der Waals surface area contributed by atoms with Crippen LogP contribution in [-0.4, -0.2) is 22.5 Å². The third kappa shape index (κ3) is 3.67. The second-order valence-corrected chi connectivity index (χ2v) is 7.54. The molecule has 0 saturated heterocycles.